The second-order valence-corrected chi connectivity index (χ2v) is 6.12. The van der Waals surface area contributed by atoms with Gasteiger partial charge in [-0.15, -0.1) is 23.7 Å². The number of nitrogens with two attached hydrogens (primary N) is 1. The number of ether oxygens (including phenoxy) is 2. The summed E-state index contributed by atoms with van der Waals surface area (Å²) in [6, 6.07) is 4.04. The van der Waals surface area contributed by atoms with E-state index < -0.39 is 0 Å². The highest BCUT2D eigenvalue weighted by Crippen LogP contribution is 2.31. The van der Waals surface area contributed by atoms with Gasteiger partial charge < -0.3 is 15.2 Å². The standard InChI is InChI=1S/C15H21N3O2S.ClH/c1-10-5-13(19-3)14(20-4)6-11(10)8-18(2)9-12-7-17-15(16)21-12;/h5-7H,8-9H2,1-4H3,(H2,16,17);1H. The van der Waals surface area contributed by atoms with Gasteiger partial charge in [0.15, 0.2) is 16.6 Å². The number of benzene rings is 1. The number of hydrogen-bond acceptors (Lipinski definition) is 6. The summed E-state index contributed by atoms with van der Waals surface area (Å²) in [5, 5.41) is 0.612. The van der Waals surface area contributed by atoms with E-state index in [0.717, 1.165) is 29.5 Å². The molecule has 0 aliphatic heterocycles. The zero-order valence-electron chi connectivity index (χ0n) is 13.3. The molecule has 0 amide bonds. The van der Waals surface area contributed by atoms with Crippen LogP contribution in [0.3, 0.4) is 0 Å². The lowest BCUT2D eigenvalue weighted by molar-refractivity contribution is 0.318. The minimum absolute atomic E-state index is 0. The normalized spacial score (nSPS) is 10.4. The van der Waals surface area contributed by atoms with Crippen molar-refractivity contribution >= 4 is 28.9 Å². The van der Waals surface area contributed by atoms with Gasteiger partial charge in [0, 0.05) is 24.2 Å². The van der Waals surface area contributed by atoms with Gasteiger partial charge in [0.1, 0.15) is 0 Å². The number of nitrogen functional groups attached to an aromatic ring is 1. The van der Waals surface area contributed by atoms with Gasteiger partial charge >= 0.3 is 0 Å². The van der Waals surface area contributed by atoms with Crippen molar-refractivity contribution in [3.05, 3.63) is 34.3 Å². The number of methoxy groups -OCH3 is 2. The Bertz CT molecular complexity index is 619. The average Bonchev–Trinajstić information content (AvgIpc) is 2.85. The summed E-state index contributed by atoms with van der Waals surface area (Å²) in [5.74, 6) is 1.52. The summed E-state index contributed by atoms with van der Waals surface area (Å²) in [6.45, 7) is 3.72. The molecule has 2 N–H and O–H groups in total. The Labute approximate surface area is 141 Å². The largest absolute Gasteiger partial charge is 0.493 e. The number of halogens is 1. The van der Waals surface area contributed by atoms with E-state index in [4.69, 9.17) is 15.2 Å². The number of thiazole rings is 1. The van der Waals surface area contributed by atoms with Crippen LogP contribution in [-0.2, 0) is 13.1 Å². The lowest BCUT2D eigenvalue weighted by Gasteiger charge is -2.18. The first-order valence-electron chi connectivity index (χ1n) is 6.63. The zero-order valence-corrected chi connectivity index (χ0v) is 14.9. The van der Waals surface area contributed by atoms with Crippen molar-refractivity contribution in [1.82, 2.24) is 9.88 Å². The predicted molar refractivity (Wildman–Crippen MR) is 93.2 cm³/mol. The fourth-order valence-corrected chi connectivity index (χ4v) is 2.97. The Kier molecular flexibility index (Phi) is 6.93. The number of hydrogen-bond donors (Lipinski definition) is 1. The minimum Gasteiger partial charge on any atom is -0.493 e. The highest BCUT2D eigenvalue weighted by Gasteiger charge is 2.11. The summed E-state index contributed by atoms with van der Waals surface area (Å²) >= 11 is 1.52. The second kappa shape index (κ2) is 8.22. The van der Waals surface area contributed by atoms with Crippen LogP contribution >= 0.6 is 23.7 Å². The van der Waals surface area contributed by atoms with Gasteiger partial charge in [-0.2, -0.15) is 0 Å². The number of rotatable bonds is 6. The average molecular weight is 344 g/mol. The van der Waals surface area contributed by atoms with Crippen LogP contribution in [0.25, 0.3) is 0 Å². The Morgan fingerprint density at radius 1 is 1.18 bits per heavy atom. The van der Waals surface area contributed by atoms with Crippen molar-refractivity contribution < 1.29 is 9.47 Å². The van der Waals surface area contributed by atoms with E-state index >= 15 is 0 Å². The highest BCUT2D eigenvalue weighted by molar-refractivity contribution is 7.15. The lowest BCUT2D eigenvalue weighted by Crippen LogP contribution is -2.17. The molecule has 0 aliphatic carbocycles. The van der Waals surface area contributed by atoms with Crippen LogP contribution in [0.4, 0.5) is 5.13 Å². The maximum Gasteiger partial charge on any atom is 0.180 e. The summed E-state index contributed by atoms with van der Waals surface area (Å²) in [7, 11) is 5.38. The van der Waals surface area contributed by atoms with Crippen LogP contribution in [0.5, 0.6) is 11.5 Å². The van der Waals surface area contributed by atoms with Crippen molar-refractivity contribution in [1.29, 1.82) is 0 Å². The molecule has 122 valence electrons. The van der Waals surface area contributed by atoms with E-state index in [2.05, 4.69) is 23.9 Å². The van der Waals surface area contributed by atoms with Crippen LogP contribution in [0.1, 0.15) is 16.0 Å². The third-order valence-electron chi connectivity index (χ3n) is 3.28. The number of aryl methyl sites for hydroxylation is 1. The van der Waals surface area contributed by atoms with E-state index in [9.17, 15) is 0 Å². The van der Waals surface area contributed by atoms with Crippen LogP contribution < -0.4 is 15.2 Å². The van der Waals surface area contributed by atoms with E-state index in [0.29, 0.717) is 5.13 Å². The van der Waals surface area contributed by atoms with Crippen molar-refractivity contribution in [2.45, 2.75) is 20.0 Å². The molecule has 0 atom stereocenters. The highest BCUT2D eigenvalue weighted by atomic mass is 35.5. The third kappa shape index (κ3) is 4.50. The van der Waals surface area contributed by atoms with Crippen molar-refractivity contribution in [2.24, 2.45) is 0 Å². The lowest BCUT2D eigenvalue weighted by atomic mass is 10.1. The van der Waals surface area contributed by atoms with Crippen LogP contribution in [0.15, 0.2) is 18.3 Å². The molecular weight excluding hydrogens is 322 g/mol. The molecule has 0 unspecified atom stereocenters. The first-order valence-corrected chi connectivity index (χ1v) is 7.45. The minimum atomic E-state index is 0. The van der Waals surface area contributed by atoms with Gasteiger partial charge in [-0.1, -0.05) is 0 Å². The number of anilines is 1. The molecule has 0 saturated heterocycles. The molecule has 2 rings (SSSR count). The Hall–Kier alpha value is -1.50. The van der Waals surface area contributed by atoms with E-state index in [1.54, 1.807) is 14.2 Å². The van der Waals surface area contributed by atoms with E-state index in [1.807, 2.05) is 18.3 Å². The third-order valence-corrected chi connectivity index (χ3v) is 4.09. The summed E-state index contributed by atoms with van der Waals surface area (Å²) in [6.07, 6.45) is 1.83. The molecule has 0 radical (unpaired) electrons. The van der Waals surface area contributed by atoms with Gasteiger partial charge in [-0.3, -0.25) is 4.90 Å². The van der Waals surface area contributed by atoms with Crippen LogP contribution in [0, 0.1) is 6.92 Å². The van der Waals surface area contributed by atoms with Crippen molar-refractivity contribution in [3.63, 3.8) is 0 Å². The predicted octanol–water partition coefficient (Wildman–Crippen LogP) is 3.10. The quantitative estimate of drug-likeness (QED) is 0.873. The maximum absolute atomic E-state index is 5.66. The molecule has 7 heteroatoms. The molecule has 0 aliphatic rings. The molecule has 1 aromatic carbocycles. The molecular formula is C15H22ClN3O2S. The van der Waals surface area contributed by atoms with E-state index in [-0.39, 0.29) is 12.4 Å². The first-order chi connectivity index (χ1) is 10.0. The second-order valence-electron chi connectivity index (χ2n) is 4.97. The fourth-order valence-electron chi connectivity index (χ4n) is 2.20. The first kappa shape index (κ1) is 18.5. The number of aromatic nitrogens is 1. The smallest absolute Gasteiger partial charge is 0.180 e. The van der Waals surface area contributed by atoms with Gasteiger partial charge in [-0.25, -0.2) is 4.98 Å². The molecule has 0 spiro atoms. The molecule has 1 heterocycles. The van der Waals surface area contributed by atoms with Gasteiger partial charge in [0.25, 0.3) is 0 Å². The van der Waals surface area contributed by atoms with Gasteiger partial charge in [0.05, 0.1) is 14.2 Å². The SMILES string of the molecule is COc1cc(C)c(CN(C)Cc2cnc(N)s2)cc1OC.Cl. The Morgan fingerprint density at radius 3 is 2.36 bits per heavy atom. The zero-order chi connectivity index (χ0) is 15.4. The Morgan fingerprint density at radius 2 is 1.82 bits per heavy atom. The van der Waals surface area contributed by atoms with Crippen molar-refractivity contribution in [2.75, 3.05) is 27.0 Å². The van der Waals surface area contributed by atoms with Crippen LogP contribution in [-0.4, -0.2) is 31.2 Å². The van der Waals surface area contributed by atoms with Gasteiger partial charge in [0.2, 0.25) is 0 Å². The topological polar surface area (TPSA) is 60.6 Å². The maximum atomic E-state index is 5.66. The molecule has 0 fully saturated rings. The molecule has 5 nitrogen and oxygen atoms in total. The molecule has 22 heavy (non-hydrogen) atoms. The summed E-state index contributed by atoms with van der Waals surface area (Å²) < 4.78 is 10.7. The molecule has 1 aromatic heterocycles. The Balaban J connectivity index is 0.00000242. The molecule has 0 saturated carbocycles. The van der Waals surface area contributed by atoms with Crippen molar-refractivity contribution in [3.8, 4) is 11.5 Å². The monoisotopic (exact) mass is 343 g/mol. The fraction of sp³-hybridized carbons (Fsp3) is 0.400. The molecule has 0 bridgehead atoms. The van der Waals surface area contributed by atoms with Gasteiger partial charge in [-0.05, 0) is 37.2 Å². The molecule has 2 aromatic rings. The van der Waals surface area contributed by atoms with E-state index in [1.165, 1.54) is 22.5 Å². The summed E-state index contributed by atoms with van der Waals surface area (Å²) in [4.78, 5) is 7.46. The number of nitrogens with zero attached hydrogens (tertiary/aromatic N) is 2. The summed E-state index contributed by atoms with van der Waals surface area (Å²) in [5.41, 5.74) is 8.06. The van der Waals surface area contributed by atoms with Crippen LogP contribution in [0.2, 0.25) is 0 Å².